The second kappa shape index (κ2) is 5.33. The lowest BCUT2D eigenvalue weighted by atomic mass is 9.92. The van der Waals surface area contributed by atoms with Crippen LogP contribution in [-0.4, -0.2) is 30.1 Å². The molecule has 1 aliphatic rings. The van der Waals surface area contributed by atoms with Crippen molar-refractivity contribution in [3.63, 3.8) is 0 Å². The minimum atomic E-state index is 0.379. The summed E-state index contributed by atoms with van der Waals surface area (Å²) in [7, 11) is 0. The van der Waals surface area contributed by atoms with Gasteiger partial charge < -0.3 is 5.73 Å². The maximum atomic E-state index is 8.68. The van der Waals surface area contributed by atoms with Crippen LogP contribution in [0, 0.1) is 17.2 Å². The van der Waals surface area contributed by atoms with E-state index in [4.69, 9.17) is 11.0 Å². The zero-order valence-corrected chi connectivity index (χ0v) is 9.24. The number of nitriles is 1. The van der Waals surface area contributed by atoms with Gasteiger partial charge in [-0.2, -0.15) is 5.26 Å². The van der Waals surface area contributed by atoms with E-state index in [1.807, 2.05) is 0 Å². The van der Waals surface area contributed by atoms with Crippen molar-refractivity contribution >= 4 is 0 Å². The summed E-state index contributed by atoms with van der Waals surface area (Å²) in [6.07, 6.45) is 3.09. The molecule has 1 aliphatic heterocycles. The molecule has 0 radical (unpaired) electrons. The van der Waals surface area contributed by atoms with Gasteiger partial charge in [0.2, 0.25) is 0 Å². The molecule has 80 valence electrons. The van der Waals surface area contributed by atoms with Gasteiger partial charge in [-0.15, -0.1) is 0 Å². The molecule has 1 saturated heterocycles. The molecule has 14 heavy (non-hydrogen) atoms. The highest BCUT2D eigenvalue weighted by Crippen LogP contribution is 2.23. The molecule has 0 aromatic rings. The van der Waals surface area contributed by atoms with Gasteiger partial charge >= 0.3 is 0 Å². The fraction of sp³-hybridized carbons (Fsp3) is 0.909. The van der Waals surface area contributed by atoms with Crippen LogP contribution in [0.5, 0.6) is 0 Å². The Kier molecular flexibility index (Phi) is 4.37. The number of nitrogens with zero attached hydrogens (tertiary/aromatic N) is 2. The first-order valence-corrected chi connectivity index (χ1v) is 5.51. The zero-order valence-electron chi connectivity index (χ0n) is 9.24. The molecule has 2 N–H and O–H groups in total. The van der Waals surface area contributed by atoms with Crippen LogP contribution in [0.15, 0.2) is 0 Å². The Hall–Kier alpha value is -0.590. The van der Waals surface area contributed by atoms with E-state index in [0.29, 0.717) is 24.4 Å². The first kappa shape index (κ1) is 11.5. The van der Waals surface area contributed by atoms with Gasteiger partial charge in [-0.05, 0) is 39.2 Å². The number of nitrogens with two attached hydrogens (primary N) is 1. The van der Waals surface area contributed by atoms with Crippen LogP contribution in [-0.2, 0) is 0 Å². The normalized spacial score (nSPS) is 31.0. The minimum Gasteiger partial charge on any atom is -0.330 e. The van der Waals surface area contributed by atoms with Crippen molar-refractivity contribution in [2.75, 3.05) is 13.1 Å². The molecule has 3 atom stereocenters. The van der Waals surface area contributed by atoms with Crippen LogP contribution in [0.1, 0.15) is 33.1 Å². The predicted molar refractivity (Wildman–Crippen MR) is 57.6 cm³/mol. The predicted octanol–water partition coefficient (Wildman–Crippen LogP) is 1.35. The highest BCUT2D eigenvalue weighted by atomic mass is 15.2. The summed E-state index contributed by atoms with van der Waals surface area (Å²) in [5.41, 5.74) is 5.69. The van der Waals surface area contributed by atoms with E-state index in [1.165, 1.54) is 12.8 Å². The van der Waals surface area contributed by atoms with Gasteiger partial charge in [0.15, 0.2) is 0 Å². The summed E-state index contributed by atoms with van der Waals surface area (Å²) >= 11 is 0. The van der Waals surface area contributed by atoms with E-state index in [0.717, 1.165) is 13.1 Å². The highest BCUT2D eigenvalue weighted by molar-refractivity contribution is 4.87. The summed E-state index contributed by atoms with van der Waals surface area (Å²) < 4.78 is 0. The standard InChI is InChI=1S/C11H21N3/c1-9-3-4-11(7-13)8-14(9)10(2)5-6-12/h9-11H,3-5,7-8,13H2,1-2H3. The molecule has 1 rings (SSSR count). The number of hydrogen-bond donors (Lipinski definition) is 1. The van der Waals surface area contributed by atoms with E-state index < -0.39 is 0 Å². The average Bonchev–Trinajstić information content (AvgIpc) is 2.19. The quantitative estimate of drug-likeness (QED) is 0.739. The second-order valence-corrected chi connectivity index (χ2v) is 4.44. The molecule has 3 heteroatoms. The number of piperidine rings is 1. The van der Waals surface area contributed by atoms with Gasteiger partial charge in [0.25, 0.3) is 0 Å². The molecule has 0 saturated carbocycles. The van der Waals surface area contributed by atoms with Gasteiger partial charge in [0.05, 0.1) is 12.5 Å². The Morgan fingerprint density at radius 1 is 1.57 bits per heavy atom. The molecule has 0 aromatic heterocycles. The molecule has 0 bridgehead atoms. The van der Waals surface area contributed by atoms with E-state index in [2.05, 4.69) is 24.8 Å². The van der Waals surface area contributed by atoms with Crippen LogP contribution in [0.4, 0.5) is 0 Å². The van der Waals surface area contributed by atoms with Gasteiger partial charge in [0.1, 0.15) is 0 Å². The number of hydrogen-bond acceptors (Lipinski definition) is 3. The van der Waals surface area contributed by atoms with Crippen molar-refractivity contribution < 1.29 is 0 Å². The fourth-order valence-electron chi connectivity index (χ4n) is 2.27. The first-order chi connectivity index (χ1) is 6.69. The third-order valence-electron chi connectivity index (χ3n) is 3.31. The lowest BCUT2D eigenvalue weighted by Gasteiger charge is -2.40. The molecule has 1 heterocycles. The maximum absolute atomic E-state index is 8.68. The van der Waals surface area contributed by atoms with Gasteiger partial charge in [-0.1, -0.05) is 0 Å². The van der Waals surface area contributed by atoms with Crippen LogP contribution < -0.4 is 5.73 Å². The molecule has 3 unspecified atom stereocenters. The summed E-state index contributed by atoms with van der Waals surface area (Å²) in [4.78, 5) is 2.43. The van der Waals surface area contributed by atoms with E-state index in [-0.39, 0.29) is 0 Å². The Morgan fingerprint density at radius 3 is 2.86 bits per heavy atom. The summed E-state index contributed by atoms with van der Waals surface area (Å²) in [6, 6.07) is 3.24. The summed E-state index contributed by atoms with van der Waals surface area (Å²) in [6.45, 7) is 6.24. The van der Waals surface area contributed by atoms with Crippen LogP contribution in [0.2, 0.25) is 0 Å². The molecular formula is C11H21N3. The Bertz CT molecular complexity index is 209. The third kappa shape index (κ3) is 2.70. The minimum absolute atomic E-state index is 0.379. The van der Waals surface area contributed by atoms with Crippen molar-refractivity contribution in [1.82, 2.24) is 4.90 Å². The summed E-state index contributed by atoms with van der Waals surface area (Å²) in [5, 5.41) is 8.68. The maximum Gasteiger partial charge on any atom is 0.0638 e. The van der Waals surface area contributed by atoms with Gasteiger partial charge in [-0.25, -0.2) is 0 Å². The largest absolute Gasteiger partial charge is 0.330 e. The molecule has 0 amide bonds. The van der Waals surface area contributed by atoms with Crippen molar-refractivity contribution in [2.24, 2.45) is 11.7 Å². The SMILES string of the molecule is CC(CC#N)N1CC(CN)CCC1C. The molecule has 1 fully saturated rings. The highest BCUT2D eigenvalue weighted by Gasteiger charge is 2.27. The van der Waals surface area contributed by atoms with Crippen molar-refractivity contribution in [3.05, 3.63) is 0 Å². The molecule has 0 aromatic carbocycles. The fourth-order valence-corrected chi connectivity index (χ4v) is 2.27. The smallest absolute Gasteiger partial charge is 0.0638 e. The van der Waals surface area contributed by atoms with Crippen molar-refractivity contribution in [2.45, 2.75) is 45.2 Å². The van der Waals surface area contributed by atoms with Crippen molar-refractivity contribution in [3.8, 4) is 6.07 Å². The Labute approximate surface area is 86.9 Å². The molecular weight excluding hydrogens is 174 g/mol. The first-order valence-electron chi connectivity index (χ1n) is 5.51. The summed E-state index contributed by atoms with van der Waals surface area (Å²) in [5.74, 6) is 0.632. The van der Waals surface area contributed by atoms with E-state index in [1.54, 1.807) is 0 Å². The van der Waals surface area contributed by atoms with Crippen molar-refractivity contribution in [1.29, 1.82) is 5.26 Å². The molecule has 3 nitrogen and oxygen atoms in total. The van der Waals surface area contributed by atoms with Gasteiger partial charge in [-0.3, -0.25) is 4.90 Å². The molecule has 0 spiro atoms. The Balaban J connectivity index is 2.52. The van der Waals surface area contributed by atoms with Gasteiger partial charge in [0, 0.05) is 18.6 Å². The molecule has 0 aliphatic carbocycles. The average molecular weight is 195 g/mol. The van der Waals surface area contributed by atoms with Crippen LogP contribution in [0.25, 0.3) is 0 Å². The van der Waals surface area contributed by atoms with Crippen LogP contribution in [0.3, 0.4) is 0 Å². The lowest BCUT2D eigenvalue weighted by Crippen LogP contribution is -2.48. The second-order valence-electron chi connectivity index (χ2n) is 4.44. The van der Waals surface area contributed by atoms with Crippen LogP contribution >= 0.6 is 0 Å². The number of likely N-dealkylation sites (tertiary alicyclic amines) is 1. The lowest BCUT2D eigenvalue weighted by molar-refractivity contribution is 0.0832. The number of rotatable bonds is 3. The zero-order chi connectivity index (χ0) is 10.6. The Morgan fingerprint density at radius 2 is 2.29 bits per heavy atom. The van der Waals surface area contributed by atoms with E-state index >= 15 is 0 Å². The van der Waals surface area contributed by atoms with E-state index in [9.17, 15) is 0 Å². The topological polar surface area (TPSA) is 53.0 Å². The monoisotopic (exact) mass is 195 g/mol. The third-order valence-corrected chi connectivity index (χ3v) is 3.31.